The molecular formula is C13H18O4. The fourth-order valence-electron chi connectivity index (χ4n) is 2.24. The number of ether oxygens (including phenoxy) is 2. The summed E-state index contributed by atoms with van der Waals surface area (Å²) in [6.07, 6.45) is 2.64. The van der Waals surface area contributed by atoms with Gasteiger partial charge < -0.3 is 13.9 Å². The van der Waals surface area contributed by atoms with Gasteiger partial charge in [0.2, 0.25) is 0 Å². The van der Waals surface area contributed by atoms with Crippen LogP contribution in [0.25, 0.3) is 0 Å². The van der Waals surface area contributed by atoms with Crippen LogP contribution in [-0.2, 0) is 15.9 Å². The van der Waals surface area contributed by atoms with E-state index in [1.807, 2.05) is 13.8 Å². The van der Waals surface area contributed by atoms with Gasteiger partial charge in [0.15, 0.2) is 12.1 Å². The molecule has 1 heterocycles. The van der Waals surface area contributed by atoms with Crippen LogP contribution in [0.3, 0.4) is 0 Å². The van der Waals surface area contributed by atoms with E-state index in [-0.39, 0.29) is 11.7 Å². The Bertz CT molecular complexity index is 377. The summed E-state index contributed by atoms with van der Waals surface area (Å²) in [5, 5.41) is 0. The molecule has 1 atom stereocenters. The molecule has 17 heavy (non-hydrogen) atoms. The smallest absolute Gasteiger partial charge is 0.174 e. The molecule has 0 saturated carbocycles. The second-order valence-corrected chi connectivity index (χ2v) is 4.05. The molecule has 0 N–H and O–H groups in total. The maximum atomic E-state index is 12.2. The third-order valence-electron chi connectivity index (χ3n) is 3.02. The van der Waals surface area contributed by atoms with E-state index in [9.17, 15) is 4.79 Å². The van der Waals surface area contributed by atoms with Gasteiger partial charge in [0.05, 0.1) is 17.7 Å². The molecule has 0 saturated heterocycles. The SMILES string of the molecule is CCOC(OCC)C1CCc2occc2C1=O. The standard InChI is InChI=1S/C13H18O4/c1-3-15-13(16-4-2)10-5-6-11-9(12(10)14)7-8-17-11/h7-8,10,13H,3-6H2,1-2H3. The van der Waals surface area contributed by atoms with Crippen LogP contribution in [0.4, 0.5) is 0 Å². The Morgan fingerprint density at radius 2 is 2.12 bits per heavy atom. The molecule has 0 radical (unpaired) electrons. The van der Waals surface area contributed by atoms with Gasteiger partial charge in [0.1, 0.15) is 5.76 Å². The molecule has 0 aliphatic heterocycles. The minimum Gasteiger partial charge on any atom is -0.469 e. The molecule has 0 aromatic carbocycles. The van der Waals surface area contributed by atoms with Crippen molar-refractivity contribution in [2.45, 2.75) is 33.0 Å². The summed E-state index contributed by atoms with van der Waals surface area (Å²) < 4.78 is 16.3. The van der Waals surface area contributed by atoms with Crippen molar-refractivity contribution in [2.24, 2.45) is 5.92 Å². The number of hydrogen-bond donors (Lipinski definition) is 0. The predicted molar refractivity (Wildman–Crippen MR) is 61.9 cm³/mol. The quantitative estimate of drug-likeness (QED) is 0.739. The summed E-state index contributed by atoms with van der Waals surface area (Å²) in [6, 6.07) is 1.73. The molecule has 1 aliphatic rings. The Morgan fingerprint density at radius 1 is 1.41 bits per heavy atom. The number of carbonyl (C=O) groups excluding carboxylic acids is 1. The van der Waals surface area contributed by atoms with Crippen LogP contribution in [0.5, 0.6) is 0 Å². The summed E-state index contributed by atoms with van der Waals surface area (Å²) in [6.45, 7) is 4.91. The highest BCUT2D eigenvalue weighted by Crippen LogP contribution is 2.29. The van der Waals surface area contributed by atoms with Gasteiger partial charge in [-0.25, -0.2) is 0 Å². The molecule has 4 nitrogen and oxygen atoms in total. The molecule has 1 aliphatic carbocycles. The number of hydrogen-bond acceptors (Lipinski definition) is 4. The van der Waals surface area contributed by atoms with Gasteiger partial charge in [-0.05, 0) is 26.3 Å². The lowest BCUT2D eigenvalue weighted by atomic mass is 9.86. The van der Waals surface area contributed by atoms with Crippen molar-refractivity contribution >= 4 is 5.78 Å². The summed E-state index contributed by atoms with van der Waals surface area (Å²) in [4.78, 5) is 12.2. The maximum Gasteiger partial charge on any atom is 0.174 e. The molecule has 0 bridgehead atoms. The van der Waals surface area contributed by atoms with Gasteiger partial charge in [-0.1, -0.05) is 0 Å². The number of rotatable bonds is 5. The topological polar surface area (TPSA) is 48.7 Å². The molecule has 4 heteroatoms. The molecule has 0 spiro atoms. The summed E-state index contributed by atoms with van der Waals surface area (Å²) in [7, 11) is 0. The van der Waals surface area contributed by atoms with E-state index in [4.69, 9.17) is 13.9 Å². The van der Waals surface area contributed by atoms with Crippen molar-refractivity contribution in [1.29, 1.82) is 0 Å². The Labute approximate surface area is 101 Å². The van der Waals surface area contributed by atoms with Gasteiger partial charge in [-0.2, -0.15) is 0 Å². The zero-order valence-electron chi connectivity index (χ0n) is 10.3. The average molecular weight is 238 g/mol. The van der Waals surface area contributed by atoms with Gasteiger partial charge in [-0.15, -0.1) is 0 Å². The zero-order valence-corrected chi connectivity index (χ0v) is 10.3. The minimum atomic E-state index is -0.430. The number of furan rings is 1. The van der Waals surface area contributed by atoms with E-state index >= 15 is 0 Å². The lowest BCUT2D eigenvalue weighted by Crippen LogP contribution is -2.36. The molecule has 0 fully saturated rings. The highest BCUT2D eigenvalue weighted by atomic mass is 16.7. The predicted octanol–water partition coefficient (Wildman–Crippen LogP) is 2.42. The summed E-state index contributed by atoms with van der Waals surface area (Å²) in [5.74, 6) is 0.657. The minimum absolute atomic E-state index is 0.0758. The van der Waals surface area contributed by atoms with Crippen LogP contribution in [0.2, 0.25) is 0 Å². The highest BCUT2D eigenvalue weighted by Gasteiger charge is 2.35. The normalized spacial score (nSPS) is 19.7. The fraction of sp³-hybridized carbons (Fsp3) is 0.615. The zero-order chi connectivity index (χ0) is 12.3. The second kappa shape index (κ2) is 5.47. The van der Waals surface area contributed by atoms with Crippen LogP contribution in [-0.4, -0.2) is 25.3 Å². The van der Waals surface area contributed by atoms with E-state index in [2.05, 4.69) is 0 Å². The van der Waals surface area contributed by atoms with Gasteiger partial charge in [0, 0.05) is 19.6 Å². The molecule has 1 aromatic heterocycles. The largest absolute Gasteiger partial charge is 0.469 e. The Hall–Kier alpha value is -1.13. The first-order chi connectivity index (χ1) is 8.27. The van der Waals surface area contributed by atoms with Crippen molar-refractivity contribution in [1.82, 2.24) is 0 Å². The monoisotopic (exact) mass is 238 g/mol. The third-order valence-corrected chi connectivity index (χ3v) is 3.02. The first kappa shape index (κ1) is 12.3. The van der Waals surface area contributed by atoms with Gasteiger partial charge >= 0.3 is 0 Å². The number of carbonyl (C=O) groups is 1. The number of aryl methyl sites for hydroxylation is 1. The van der Waals surface area contributed by atoms with Crippen molar-refractivity contribution in [3.8, 4) is 0 Å². The lowest BCUT2D eigenvalue weighted by Gasteiger charge is -2.27. The number of ketones is 1. The van der Waals surface area contributed by atoms with Crippen molar-refractivity contribution in [3.63, 3.8) is 0 Å². The first-order valence-electron chi connectivity index (χ1n) is 6.11. The van der Waals surface area contributed by atoms with E-state index in [1.54, 1.807) is 12.3 Å². The second-order valence-electron chi connectivity index (χ2n) is 4.05. The molecule has 0 amide bonds. The van der Waals surface area contributed by atoms with E-state index in [1.165, 1.54) is 0 Å². The fourth-order valence-corrected chi connectivity index (χ4v) is 2.24. The molecule has 1 aromatic rings. The number of Topliss-reactive ketones (excluding diaryl/α,β-unsaturated/α-hetero) is 1. The van der Waals surface area contributed by atoms with Crippen LogP contribution in [0, 0.1) is 5.92 Å². The van der Waals surface area contributed by atoms with Crippen molar-refractivity contribution in [3.05, 3.63) is 23.7 Å². The van der Waals surface area contributed by atoms with E-state index < -0.39 is 6.29 Å². The van der Waals surface area contributed by atoms with Crippen LogP contribution >= 0.6 is 0 Å². The Balaban J connectivity index is 2.14. The molecule has 2 rings (SSSR count). The molecule has 1 unspecified atom stereocenters. The Kier molecular flexibility index (Phi) is 3.97. The van der Waals surface area contributed by atoms with Crippen LogP contribution in [0.15, 0.2) is 16.7 Å². The van der Waals surface area contributed by atoms with Crippen molar-refractivity contribution < 1.29 is 18.7 Å². The summed E-state index contributed by atoms with van der Waals surface area (Å²) >= 11 is 0. The van der Waals surface area contributed by atoms with Crippen LogP contribution in [0.1, 0.15) is 36.4 Å². The van der Waals surface area contributed by atoms with E-state index in [0.29, 0.717) is 18.8 Å². The maximum absolute atomic E-state index is 12.2. The molecule has 94 valence electrons. The molecular weight excluding hydrogens is 220 g/mol. The highest BCUT2D eigenvalue weighted by molar-refractivity contribution is 5.99. The van der Waals surface area contributed by atoms with Crippen LogP contribution < -0.4 is 0 Å². The first-order valence-corrected chi connectivity index (χ1v) is 6.11. The van der Waals surface area contributed by atoms with Gasteiger partial charge in [0.25, 0.3) is 0 Å². The van der Waals surface area contributed by atoms with Crippen molar-refractivity contribution in [2.75, 3.05) is 13.2 Å². The average Bonchev–Trinajstić information content (AvgIpc) is 2.78. The lowest BCUT2D eigenvalue weighted by molar-refractivity contribution is -0.159. The number of fused-ring (bicyclic) bond motifs is 1. The van der Waals surface area contributed by atoms with Gasteiger partial charge in [-0.3, -0.25) is 4.79 Å². The Morgan fingerprint density at radius 3 is 2.76 bits per heavy atom. The van der Waals surface area contributed by atoms with E-state index in [0.717, 1.165) is 18.6 Å². The third kappa shape index (κ3) is 2.42. The summed E-state index contributed by atoms with van der Waals surface area (Å²) in [5.41, 5.74) is 0.686.